The van der Waals surface area contributed by atoms with E-state index in [4.69, 9.17) is 5.73 Å². The molecule has 3 N–H and O–H groups in total. The lowest BCUT2D eigenvalue weighted by Gasteiger charge is -2.22. The SMILES string of the molecule is CC(N)c1cccc(S(=O)(=O)N2CCCC(C)(O)CC2)c1. The van der Waals surface area contributed by atoms with Crippen LogP contribution in [0.4, 0.5) is 0 Å². The summed E-state index contributed by atoms with van der Waals surface area (Å²) < 4.78 is 26.9. The predicted molar refractivity (Wildman–Crippen MR) is 82.3 cm³/mol. The van der Waals surface area contributed by atoms with Crippen LogP contribution in [0.2, 0.25) is 0 Å². The molecule has 0 amide bonds. The fraction of sp³-hybridized carbons (Fsp3) is 0.600. The van der Waals surface area contributed by atoms with Crippen molar-refractivity contribution in [1.82, 2.24) is 4.31 Å². The van der Waals surface area contributed by atoms with Crippen LogP contribution in [0.15, 0.2) is 29.2 Å². The molecule has 2 unspecified atom stereocenters. The summed E-state index contributed by atoms with van der Waals surface area (Å²) in [6.07, 6.45) is 1.75. The number of hydrogen-bond donors (Lipinski definition) is 2. The van der Waals surface area contributed by atoms with Gasteiger partial charge in [0.2, 0.25) is 10.0 Å². The Bertz CT molecular complexity index is 597. The molecule has 0 bridgehead atoms. The summed E-state index contributed by atoms with van der Waals surface area (Å²) in [4.78, 5) is 0.277. The third-order valence-electron chi connectivity index (χ3n) is 4.04. The van der Waals surface area contributed by atoms with Crippen LogP contribution in [-0.4, -0.2) is 36.5 Å². The molecule has 1 aromatic carbocycles. The third-order valence-corrected chi connectivity index (χ3v) is 5.94. The summed E-state index contributed by atoms with van der Waals surface area (Å²) in [5.41, 5.74) is 5.85. The molecule has 1 aromatic rings. The van der Waals surface area contributed by atoms with Crippen molar-refractivity contribution < 1.29 is 13.5 Å². The van der Waals surface area contributed by atoms with Crippen LogP contribution in [0, 0.1) is 0 Å². The Morgan fingerprint density at radius 1 is 1.33 bits per heavy atom. The van der Waals surface area contributed by atoms with E-state index in [-0.39, 0.29) is 10.9 Å². The lowest BCUT2D eigenvalue weighted by molar-refractivity contribution is 0.0465. The molecule has 1 saturated heterocycles. The van der Waals surface area contributed by atoms with Crippen molar-refractivity contribution in [2.45, 2.75) is 49.6 Å². The Morgan fingerprint density at radius 3 is 2.71 bits per heavy atom. The molecule has 0 spiro atoms. The molecule has 1 heterocycles. The van der Waals surface area contributed by atoms with Gasteiger partial charge in [-0.25, -0.2) is 8.42 Å². The highest BCUT2D eigenvalue weighted by atomic mass is 32.2. The van der Waals surface area contributed by atoms with Gasteiger partial charge in [0.15, 0.2) is 0 Å². The number of nitrogens with two attached hydrogens (primary N) is 1. The molecule has 0 aliphatic carbocycles. The maximum absolute atomic E-state index is 12.7. The Kier molecular flexibility index (Phi) is 4.72. The summed E-state index contributed by atoms with van der Waals surface area (Å²) in [5.74, 6) is 0. The largest absolute Gasteiger partial charge is 0.390 e. The van der Waals surface area contributed by atoms with Crippen LogP contribution in [0.3, 0.4) is 0 Å². The number of nitrogens with zero attached hydrogens (tertiary/aromatic N) is 1. The van der Waals surface area contributed by atoms with Crippen molar-refractivity contribution in [2.24, 2.45) is 5.73 Å². The first-order valence-corrected chi connectivity index (χ1v) is 8.74. The van der Waals surface area contributed by atoms with Gasteiger partial charge in [-0.05, 0) is 50.8 Å². The van der Waals surface area contributed by atoms with Gasteiger partial charge in [-0.1, -0.05) is 12.1 Å². The van der Waals surface area contributed by atoms with Gasteiger partial charge in [-0.15, -0.1) is 0 Å². The van der Waals surface area contributed by atoms with Crippen LogP contribution in [0.1, 0.15) is 44.7 Å². The lowest BCUT2D eigenvalue weighted by Crippen LogP contribution is -2.33. The van der Waals surface area contributed by atoms with Gasteiger partial charge in [0, 0.05) is 19.1 Å². The van der Waals surface area contributed by atoms with Crippen LogP contribution >= 0.6 is 0 Å². The van der Waals surface area contributed by atoms with E-state index >= 15 is 0 Å². The third kappa shape index (κ3) is 3.83. The Labute approximate surface area is 126 Å². The van der Waals surface area contributed by atoms with Crippen molar-refractivity contribution in [3.05, 3.63) is 29.8 Å². The predicted octanol–water partition coefficient (Wildman–Crippen LogP) is 1.63. The first-order chi connectivity index (χ1) is 9.72. The molecular weight excluding hydrogens is 288 g/mol. The smallest absolute Gasteiger partial charge is 0.243 e. The molecule has 0 aromatic heterocycles. The summed E-state index contributed by atoms with van der Waals surface area (Å²) in [7, 11) is -3.52. The van der Waals surface area contributed by atoms with Gasteiger partial charge in [0.25, 0.3) is 0 Å². The van der Waals surface area contributed by atoms with Crippen molar-refractivity contribution in [1.29, 1.82) is 0 Å². The van der Waals surface area contributed by atoms with E-state index in [2.05, 4.69) is 0 Å². The van der Waals surface area contributed by atoms with Gasteiger partial charge in [0.1, 0.15) is 0 Å². The van der Waals surface area contributed by atoms with E-state index in [0.717, 1.165) is 5.56 Å². The molecule has 2 atom stereocenters. The molecule has 6 heteroatoms. The minimum Gasteiger partial charge on any atom is -0.390 e. The van der Waals surface area contributed by atoms with Crippen molar-refractivity contribution in [3.63, 3.8) is 0 Å². The van der Waals surface area contributed by atoms with Crippen molar-refractivity contribution in [3.8, 4) is 0 Å². The van der Waals surface area contributed by atoms with Crippen LogP contribution in [-0.2, 0) is 10.0 Å². The topological polar surface area (TPSA) is 83.6 Å². The summed E-state index contributed by atoms with van der Waals surface area (Å²) in [6, 6.07) is 6.59. The number of hydrogen-bond acceptors (Lipinski definition) is 4. The van der Waals surface area contributed by atoms with E-state index in [1.54, 1.807) is 25.1 Å². The highest BCUT2D eigenvalue weighted by Gasteiger charge is 2.31. The first-order valence-electron chi connectivity index (χ1n) is 7.30. The fourth-order valence-corrected chi connectivity index (χ4v) is 4.12. The van der Waals surface area contributed by atoms with E-state index in [0.29, 0.717) is 32.4 Å². The number of benzene rings is 1. The molecule has 0 saturated carbocycles. The number of rotatable bonds is 3. The average molecular weight is 312 g/mol. The second-order valence-electron chi connectivity index (χ2n) is 6.12. The van der Waals surface area contributed by atoms with E-state index in [9.17, 15) is 13.5 Å². The van der Waals surface area contributed by atoms with Gasteiger partial charge >= 0.3 is 0 Å². The quantitative estimate of drug-likeness (QED) is 0.888. The number of aliphatic hydroxyl groups is 1. The average Bonchev–Trinajstić information content (AvgIpc) is 2.60. The molecular formula is C15H24N2O3S. The minimum atomic E-state index is -3.52. The van der Waals surface area contributed by atoms with Crippen molar-refractivity contribution >= 4 is 10.0 Å². The molecule has 5 nitrogen and oxygen atoms in total. The zero-order valence-electron chi connectivity index (χ0n) is 12.6. The zero-order chi connectivity index (χ0) is 15.7. The lowest BCUT2D eigenvalue weighted by atomic mass is 9.98. The first kappa shape index (κ1) is 16.4. The maximum Gasteiger partial charge on any atom is 0.243 e. The normalized spacial score (nSPS) is 26.3. The van der Waals surface area contributed by atoms with Crippen LogP contribution < -0.4 is 5.73 Å². The molecule has 21 heavy (non-hydrogen) atoms. The van der Waals surface area contributed by atoms with E-state index in [1.807, 2.05) is 13.0 Å². The van der Waals surface area contributed by atoms with Gasteiger partial charge in [-0.2, -0.15) is 4.31 Å². The van der Waals surface area contributed by atoms with Gasteiger partial charge in [-0.3, -0.25) is 0 Å². The molecule has 2 rings (SSSR count). The van der Waals surface area contributed by atoms with Crippen molar-refractivity contribution in [2.75, 3.05) is 13.1 Å². The summed E-state index contributed by atoms with van der Waals surface area (Å²) >= 11 is 0. The zero-order valence-corrected chi connectivity index (χ0v) is 13.4. The van der Waals surface area contributed by atoms with Gasteiger partial charge < -0.3 is 10.8 Å². The maximum atomic E-state index is 12.7. The monoisotopic (exact) mass is 312 g/mol. The second-order valence-corrected chi connectivity index (χ2v) is 8.05. The highest BCUT2D eigenvalue weighted by Crippen LogP contribution is 2.26. The van der Waals surface area contributed by atoms with E-state index < -0.39 is 15.6 Å². The summed E-state index contributed by atoms with van der Waals surface area (Å²) in [5, 5.41) is 10.1. The molecule has 0 radical (unpaired) electrons. The van der Waals surface area contributed by atoms with Gasteiger partial charge in [0.05, 0.1) is 10.5 Å². The second kappa shape index (κ2) is 6.04. The Hall–Kier alpha value is -0.950. The minimum absolute atomic E-state index is 0.204. The summed E-state index contributed by atoms with van der Waals surface area (Å²) in [6.45, 7) is 4.38. The Balaban J connectivity index is 2.27. The van der Waals surface area contributed by atoms with Crippen LogP contribution in [0.25, 0.3) is 0 Å². The molecule has 1 aliphatic heterocycles. The van der Waals surface area contributed by atoms with Crippen LogP contribution in [0.5, 0.6) is 0 Å². The molecule has 118 valence electrons. The molecule has 1 aliphatic rings. The highest BCUT2D eigenvalue weighted by molar-refractivity contribution is 7.89. The number of sulfonamides is 1. The Morgan fingerprint density at radius 2 is 2.05 bits per heavy atom. The van der Waals surface area contributed by atoms with E-state index in [1.165, 1.54) is 4.31 Å². The standard InChI is InChI=1S/C15H24N2O3S/c1-12(16)13-5-3-6-14(11-13)21(19,20)17-9-4-7-15(2,18)8-10-17/h3,5-6,11-12,18H,4,7-10,16H2,1-2H3. The molecule has 1 fully saturated rings. The fourth-order valence-electron chi connectivity index (χ4n) is 2.59.